The van der Waals surface area contributed by atoms with Crippen molar-refractivity contribution in [2.75, 3.05) is 31.1 Å². The number of aromatic nitrogens is 2. The molecule has 0 spiro atoms. The molecule has 0 aliphatic carbocycles. The lowest BCUT2D eigenvalue weighted by Gasteiger charge is -2.34. The van der Waals surface area contributed by atoms with Crippen LogP contribution >= 0.6 is 11.3 Å². The van der Waals surface area contributed by atoms with Crippen molar-refractivity contribution >= 4 is 28.2 Å². The molecule has 0 radical (unpaired) electrons. The number of benzene rings is 1. The van der Waals surface area contributed by atoms with Gasteiger partial charge in [0.2, 0.25) is 11.0 Å². The minimum absolute atomic E-state index is 0.0398. The van der Waals surface area contributed by atoms with E-state index >= 15 is 0 Å². The highest BCUT2D eigenvalue weighted by Gasteiger charge is 2.24. The Morgan fingerprint density at radius 3 is 2.48 bits per heavy atom. The van der Waals surface area contributed by atoms with E-state index in [0.717, 1.165) is 0 Å². The van der Waals surface area contributed by atoms with Crippen LogP contribution in [0.15, 0.2) is 35.4 Å². The van der Waals surface area contributed by atoms with Gasteiger partial charge in [-0.1, -0.05) is 29.5 Å². The number of rotatable bonds is 3. The van der Waals surface area contributed by atoms with E-state index in [1.165, 1.54) is 11.3 Å². The van der Waals surface area contributed by atoms with Crippen molar-refractivity contribution in [3.8, 4) is 0 Å². The van der Waals surface area contributed by atoms with Crippen LogP contribution in [0.1, 0.15) is 15.4 Å². The standard InChI is InChI=1S/C14H15N7OS/c15-11(17-16)12-18-19-14(23-12)21-8-6-20(7-9-21)13(22)10-4-2-1-3-5-10/h1-5,15-16H,6-9H2. The number of carbonyl (C=O) groups excluding carboxylic acids is 1. The fourth-order valence-electron chi connectivity index (χ4n) is 2.35. The van der Waals surface area contributed by atoms with Crippen LogP contribution in [-0.4, -0.2) is 53.0 Å². The molecule has 3 rings (SSSR count). The average molecular weight is 329 g/mol. The van der Waals surface area contributed by atoms with Gasteiger partial charge in [-0.05, 0) is 12.1 Å². The highest BCUT2D eigenvalue weighted by Crippen LogP contribution is 2.22. The normalized spacial score (nSPS) is 14.6. The monoisotopic (exact) mass is 329 g/mol. The predicted molar refractivity (Wildman–Crippen MR) is 86.4 cm³/mol. The number of nitrogens with one attached hydrogen (secondary N) is 2. The zero-order valence-electron chi connectivity index (χ0n) is 12.3. The summed E-state index contributed by atoms with van der Waals surface area (Å²) in [6.45, 7) is 2.56. The molecular weight excluding hydrogens is 314 g/mol. The van der Waals surface area contributed by atoms with Crippen molar-refractivity contribution < 1.29 is 4.79 Å². The molecule has 0 unspecified atom stereocenters. The van der Waals surface area contributed by atoms with Crippen LogP contribution in [0.3, 0.4) is 0 Å². The summed E-state index contributed by atoms with van der Waals surface area (Å²) in [7, 11) is 0. The molecule has 0 bridgehead atoms. The lowest BCUT2D eigenvalue weighted by Crippen LogP contribution is -2.48. The topological polar surface area (TPSA) is 109 Å². The van der Waals surface area contributed by atoms with Gasteiger partial charge < -0.3 is 9.80 Å². The zero-order valence-corrected chi connectivity index (χ0v) is 13.1. The Kier molecular flexibility index (Phi) is 4.38. The quantitative estimate of drug-likeness (QED) is 0.509. The van der Waals surface area contributed by atoms with Crippen LogP contribution < -0.4 is 4.90 Å². The summed E-state index contributed by atoms with van der Waals surface area (Å²) in [6, 6.07) is 9.25. The Bertz CT molecular complexity index is 722. The van der Waals surface area contributed by atoms with Crippen LogP contribution in [0.5, 0.6) is 0 Å². The van der Waals surface area contributed by atoms with Crippen LogP contribution in [0.2, 0.25) is 0 Å². The number of piperazine rings is 1. The Morgan fingerprint density at radius 2 is 1.83 bits per heavy atom. The molecule has 118 valence electrons. The molecule has 2 heterocycles. The summed E-state index contributed by atoms with van der Waals surface area (Å²) in [4.78, 5) is 16.3. The number of amides is 1. The van der Waals surface area contributed by atoms with Crippen LogP contribution in [0.25, 0.3) is 0 Å². The molecule has 0 saturated carbocycles. The number of nitrogens with zero attached hydrogens (tertiary/aromatic N) is 5. The van der Waals surface area contributed by atoms with E-state index in [-0.39, 0.29) is 11.7 Å². The van der Waals surface area contributed by atoms with Crippen LogP contribution in [0, 0.1) is 10.9 Å². The van der Waals surface area contributed by atoms with Gasteiger partial charge in [-0.15, -0.1) is 15.3 Å². The molecule has 8 nitrogen and oxygen atoms in total. The third-order valence-electron chi connectivity index (χ3n) is 3.59. The average Bonchev–Trinajstić information content (AvgIpc) is 3.11. The fraction of sp³-hybridized carbons (Fsp3) is 0.286. The van der Waals surface area contributed by atoms with Crippen LogP contribution in [0.4, 0.5) is 5.13 Å². The summed E-state index contributed by atoms with van der Waals surface area (Å²) in [6.07, 6.45) is 0. The van der Waals surface area contributed by atoms with E-state index in [1.54, 1.807) is 0 Å². The molecule has 1 fully saturated rings. The lowest BCUT2D eigenvalue weighted by molar-refractivity contribution is 0.0746. The molecule has 0 atom stereocenters. The van der Waals surface area contributed by atoms with E-state index in [9.17, 15) is 4.79 Å². The highest BCUT2D eigenvalue weighted by molar-refractivity contribution is 7.17. The van der Waals surface area contributed by atoms with Gasteiger partial charge in [-0.2, -0.15) is 0 Å². The maximum atomic E-state index is 12.4. The van der Waals surface area contributed by atoms with Gasteiger partial charge in [-0.25, -0.2) is 5.53 Å². The molecule has 1 aliphatic rings. The second kappa shape index (κ2) is 6.61. The minimum Gasteiger partial charge on any atom is -0.343 e. The maximum absolute atomic E-state index is 12.4. The summed E-state index contributed by atoms with van der Waals surface area (Å²) < 4.78 is 0. The maximum Gasteiger partial charge on any atom is 0.253 e. The Hall–Kier alpha value is -2.68. The third kappa shape index (κ3) is 3.24. The number of anilines is 1. The van der Waals surface area contributed by atoms with Crippen molar-refractivity contribution in [1.82, 2.24) is 15.1 Å². The molecule has 2 aromatic rings. The Morgan fingerprint density at radius 1 is 1.13 bits per heavy atom. The summed E-state index contributed by atoms with van der Waals surface area (Å²) >= 11 is 1.24. The van der Waals surface area contributed by atoms with Gasteiger partial charge in [-0.3, -0.25) is 10.2 Å². The molecule has 23 heavy (non-hydrogen) atoms. The smallest absolute Gasteiger partial charge is 0.253 e. The largest absolute Gasteiger partial charge is 0.343 e. The summed E-state index contributed by atoms with van der Waals surface area (Å²) in [5, 5.41) is 19.5. The van der Waals surface area contributed by atoms with Gasteiger partial charge in [0.25, 0.3) is 5.91 Å². The first-order valence-electron chi connectivity index (χ1n) is 7.08. The van der Waals surface area contributed by atoms with Gasteiger partial charge in [0.05, 0.1) is 0 Å². The number of amidine groups is 1. The molecule has 1 aromatic heterocycles. The number of carbonyl (C=O) groups is 1. The van der Waals surface area contributed by atoms with Crippen molar-refractivity contribution in [3.05, 3.63) is 40.9 Å². The third-order valence-corrected chi connectivity index (χ3v) is 4.58. The Labute approximate surface area is 136 Å². The zero-order chi connectivity index (χ0) is 16.2. The highest BCUT2D eigenvalue weighted by atomic mass is 32.1. The summed E-state index contributed by atoms with van der Waals surface area (Å²) in [5.41, 5.74) is 7.54. The summed E-state index contributed by atoms with van der Waals surface area (Å²) in [5.74, 6) is -0.148. The van der Waals surface area contributed by atoms with E-state index in [4.69, 9.17) is 10.9 Å². The molecular formula is C14H15N7OS. The van der Waals surface area contributed by atoms with Gasteiger partial charge in [0.15, 0.2) is 5.01 Å². The van der Waals surface area contributed by atoms with Crippen LogP contribution in [-0.2, 0) is 0 Å². The van der Waals surface area contributed by atoms with E-state index in [2.05, 4.69) is 15.3 Å². The van der Waals surface area contributed by atoms with E-state index < -0.39 is 0 Å². The molecule has 1 aliphatic heterocycles. The first kappa shape index (κ1) is 15.2. The first-order chi connectivity index (χ1) is 11.2. The molecule has 1 aromatic carbocycles. The van der Waals surface area contributed by atoms with Gasteiger partial charge in [0.1, 0.15) is 0 Å². The van der Waals surface area contributed by atoms with Gasteiger partial charge in [0, 0.05) is 31.7 Å². The SMILES string of the molecule is N=NC(=N)c1nnc(N2CCN(C(=O)c3ccccc3)CC2)s1. The number of hydrogen-bond donors (Lipinski definition) is 2. The van der Waals surface area contributed by atoms with Crippen molar-refractivity contribution in [1.29, 1.82) is 10.9 Å². The van der Waals surface area contributed by atoms with E-state index in [1.807, 2.05) is 40.1 Å². The molecule has 1 amide bonds. The number of hydrogen-bond acceptors (Lipinski definition) is 7. The Balaban J connectivity index is 1.62. The second-order valence-electron chi connectivity index (χ2n) is 5.00. The van der Waals surface area contributed by atoms with E-state index in [0.29, 0.717) is 41.9 Å². The van der Waals surface area contributed by atoms with Crippen molar-refractivity contribution in [3.63, 3.8) is 0 Å². The first-order valence-corrected chi connectivity index (χ1v) is 7.90. The lowest BCUT2D eigenvalue weighted by atomic mass is 10.2. The molecule has 9 heteroatoms. The molecule has 2 N–H and O–H groups in total. The second-order valence-corrected chi connectivity index (χ2v) is 5.95. The van der Waals surface area contributed by atoms with Crippen molar-refractivity contribution in [2.24, 2.45) is 5.11 Å². The van der Waals surface area contributed by atoms with Gasteiger partial charge >= 0.3 is 0 Å². The fourth-order valence-corrected chi connectivity index (χ4v) is 3.14. The molecule has 1 saturated heterocycles. The predicted octanol–water partition coefficient (Wildman–Crippen LogP) is 1.86. The van der Waals surface area contributed by atoms with Crippen molar-refractivity contribution in [2.45, 2.75) is 0 Å². The minimum atomic E-state index is -0.188.